The van der Waals surface area contributed by atoms with Gasteiger partial charge in [0.2, 0.25) is 0 Å². The summed E-state index contributed by atoms with van der Waals surface area (Å²) in [6.07, 6.45) is 0. The normalized spacial score (nSPS) is 10.6. The van der Waals surface area contributed by atoms with Crippen LogP contribution in [0.1, 0.15) is 20.7 Å². The van der Waals surface area contributed by atoms with Crippen LogP contribution in [0.25, 0.3) is 11.1 Å². The molecule has 2 rings (SSSR count). The second kappa shape index (κ2) is 6.36. The molecule has 0 saturated heterocycles. The maximum absolute atomic E-state index is 12.5. The minimum atomic E-state index is -3.24. The quantitative estimate of drug-likeness (QED) is 0.647. The Hall–Kier alpha value is -3.43. The third-order valence-electron chi connectivity index (χ3n) is 3.04. The van der Waals surface area contributed by atoms with E-state index in [1.807, 2.05) is 4.98 Å². The maximum atomic E-state index is 12.5. The van der Waals surface area contributed by atoms with Crippen molar-refractivity contribution in [1.82, 2.24) is 4.98 Å². The lowest BCUT2D eigenvalue weighted by atomic mass is 9.95. The summed E-state index contributed by atoms with van der Waals surface area (Å²) in [5.41, 5.74) is 1.67. The molecule has 0 unspecified atom stereocenters. The van der Waals surface area contributed by atoms with Crippen LogP contribution >= 0.6 is 0 Å². The number of anilines is 1. The number of ether oxygens (including phenoxy) is 1. The van der Waals surface area contributed by atoms with E-state index in [4.69, 9.17) is 5.73 Å². The Kier molecular flexibility index (Phi) is 4.49. The molecule has 10 heteroatoms. The molecule has 0 fully saturated rings. The lowest BCUT2D eigenvalue weighted by molar-refractivity contribution is -0.0494. The number of hydrogen-bond donors (Lipinski definition) is 4. The van der Waals surface area contributed by atoms with Gasteiger partial charge in [-0.25, -0.2) is 9.59 Å². The van der Waals surface area contributed by atoms with Crippen LogP contribution in [0.3, 0.4) is 0 Å². The highest BCUT2D eigenvalue weighted by Crippen LogP contribution is 2.36. The molecule has 1 aromatic carbocycles. The van der Waals surface area contributed by atoms with Crippen LogP contribution in [0, 0.1) is 0 Å². The predicted molar refractivity (Wildman–Crippen MR) is 77.5 cm³/mol. The van der Waals surface area contributed by atoms with Gasteiger partial charge in [-0.05, 0) is 6.07 Å². The molecular weight excluding hydrogens is 330 g/mol. The summed E-state index contributed by atoms with van der Waals surface area (Å²) in [5, 5.41) is 18.5. The second-order valence-electron chi connectivity index (χ2n) is 4.48. The molecular formula is C14H10F2N2O6. The van der Waals surface area contributed by atoms with E-state index in [2.05, 4.69) is 4.74 Å². The fourth-order valence-electron chi connectivity index (χ4n) is 2.19. The van der Waals surface area contributed by atoms with Crippen molar-refractivity contribution in [3.05, 3.63) is 45.7 Å². The number of carboxylic acid groups (broad SMARTS) is 2. The molecule has 5 N–H and O–H groups in total. The van der Waals surface area contributed by atoms with Crippen LogP contribution in [-0.2, 0) is 0 Å². The molecule has 0 spiro atoms. The highest BCUT2D eigenvalue weighted by atomic mass is 19.3. The first-order valence-corrected chi connectivity index (χ1v) is 6.30. The minimum Gasteiger partial charge on any atom is -0.478 e. The maximum Gasteiger partial charge on any atom is 0.387 e. The van der Waals surface area contributed by atoms with E-state index in [0.717, 1.165) is 12.1 Å². The zero-order chi connectivity index (χ0) is 18.0. The Morgan fingerprint density at radius 1 is 1.12 bits per heavy atom. The molecule has 0 saturated carbocycles. The van der Waals surface area contributed by atoms with Gasteiger partial charge in [0.05, 0.1) is 0 Å². The monoisotopic (exact) mass is 340 g/mol. The number of aromatic amines is 1. The molecule has 0 aliphatic carbocycles. The fraction of sp³-hybridized carbons (Fsp3) is 0.0714. The molecule has 0 amide bonds. The van der Waals surface area contributed by atoms with Crippen molar-refractivity contribution in [1.29, 1.82) is 0 Å². The van der Waals surface area contributed by atoms with Gasteiger partial charge in [-0.1, -0.05) is 18.2 Å². The summed E-state index contributed by atoms with van der Waals surface area (Å²) >= 11 is 0. The van der Waals surface area contributed by atoms with E-state index in [9.17, 15) is 33.4 Å². The van der Waals surface area contributed by atoms with Crippen molar-refractivity contribution in [2.75, 3.05) is 5.73 Å². The highest BCUT2D eigenvalue weighted by molar-refractivity contribution is 6.08. The van der Waals surface area contributed by atoms with E-state index in [1.165, 1.54) is 12.1 Å². The number of alkyl halides is 2. The van der Waals surface area contributed by atoms with Gasteiger partial charge in [0.1, 0.15) is 22.7 Å². The zero-order valence-corrected chi connectivity index (χ0v) is 11.7. The van der Waals surface area contributed by atoms with Gasteiger partial charge in [-0.2, -0.15) is 8.78 Å². The van der Waals surface area contributed by atoms with Gasteiger partial charge in [0.15, 0.2) is 0 Å². The third-order valence-corrected chi connectivity index (χ3v) is 3.04. The average Bonchev–Trinajstić information content (AvgIpc) is 2.45. The Morgan fingerprint density at radius 3 is 2.25 bits per heavy atom. The molecule has 1 aromatic heterocycles. The number of para-hydroxylation sites is 1. The van der Waals surface area contributed by atoms with E-state index in [0.29, 0.717) is 0 Å². The molecule has 0 aliphatic heterocycles. The first kappa shape index (κ1) is 16.9. The van der Waals surface area contributed by atoms with Crippen LogP contribution in [0.5, 0.6) is 5.75 Å². The first-order valence-electron chi connectivity index (χ1n) is 6.30. The van der Waals surface area contributed by atoms with Crippen LogP contribution in [0.2, 0.25) is 0 Å². The van der Waals surface area contributed by atoms with E-state index in [-0.39, 0.29) is 5.56 Å². The summed E-state index contributed by atoms with van der Waals surface area (Å²) in [7, 11) is 0. The molecule has 1 heterocycles. The average molecular weight is 340 g/mol. The van der Waals surface area contributed by atoms with Crippen molar-refractivity contribution >= 4 is 17.8 Å². The number of carboxylic acids is 2. The number of hydrogen-bond acceptors (Lipinski definition) is 5. The summed E-state index contributed by atoms with van der Waals surface area (Å²) in [4.78, 5) is 36.6. The summed E-state index contributed by atoms with van der Waals surface area (Å²) < 4.78 is 29.4. The van der Waals surface area contributed by atoms with Crippen molar-refractivity contribution < 1.29 is 33.3 Å². The Labute approximate surface area is 132 Å². The molecule has 2 aromatic rings. The summed E-state index contributed by atoms with van der Waals surface area (Å²) in [6.45, 7) is -3.24. The Bertz CT molecular complexity index is 878. The number of pyridine rings is 1. The number of aromatic nitrogens is 1. The number of nitrogens with one attached hydrogen (secondary N) is 1. The minimum absolute atomic E-state index is 0.314. The molecule has 24 heavy (non-hydrogen) atoms. The Morgan fingerprint density at radius 2 is 1.71 bits per heavy atom. The number of rotatable bonds is 5. The Balaban J connectivity index is 2.95. The van der Waals surface area contributed by atoms with Crippen molar-refractivity contribution in [3.8, 4) is 16.9 Å². The smallest absolute Gasteiger partial charge is 0.387 e. The third kappa shape index (κ3) is 3.02. The first-order chi connectivity index (χ1) is 11.2. The zero-order valence-electron chi connectivity index (χ0n) is 11.7. The summed E-state index contributed by atoms with van der Waals surface area (Å²) in [5.74, 6) is -4.50. The number of halogens is 2. The summed E-state index contributed by atoms with van der Waals surface area (Å²) in [6, 6.07) is 4.88. The molecule has 0 atom stereocenters. The number of nitrogens with two attached hydrogens (primary N) is 1. The number of aromatic carboxylic acids is 2. The second-order valence-corrected chi connectivity index (χ2v) is 4.48. The van der Waals surface area contributed by atoms with Crippen LogP contribution in [0.4, 0.5) is 14.6 Å². The number of nitrogen functional groups attached to an aromatic ring is 1. The van der Waals surface area contributed by atoms with Crippen molar-refractivity contribution in [3.63, 3.8) is 0 Å². The lowest BCUT2D eigenvalue weighted by Crippen LogP contribution is -2.24. The number of benzene rings is 1. The van der Waals surface area contributed by atoms with Crippen LogP contribution < -0.4 is 16.0 Å². The molecule has 8 nitrogen and oxygen atoms in total. The SMILES string of the molecule is Nc1[nH]c(=O)c(C(=O)O)c(-c2ccccc2OC(F)F)c1C(=O)O. The fourth-order valence-corrected chi connectivity index (χ4v) is 2.19. The van der Waals surface area contributed by atoms with Gasteiger partial charge in [0.25, 0.3) is 5.56 Å². The predicted octanol–water partition coefficient (Wildman–Crippen LogP) is 1.62. The standard InChI is InChI=1S/C14H10F2N2O6/c15-14(16)24-6-4-2-1-3-5(6)7-8(12(20)21)10(17)18-11(19)9(7)13(22)23/h1-4,14H,(H,20,21)(H,22,23)(H3,17,18,19). The van der Waals surface area contributed by atoms with Crippen molar-refractivity contribution in [2.24, 2.45) is 0 Å². The largest absolute Gasteiger partial charge is 0.478 e. The molecule has 0 aliphatic rings. The van der Waals surface area contributed by atoms with E-state index >= 15 is 0 Å². The lowest BCUT2D eigenvalue weighted by Gasteiger charge is -2.15. The highest BCUT2D eigenvalue weighted by Gasteiger charge is 2.28. The van der Waals surface area contributed by atoms with Gasteiger partial charge in [-0.15, -0.1) is 0 Å². The number of H-pyrrole nitrogens is 1. The molecule has 126 valence electrons. The van der Waals surface area contributed by atoms with Crippen LogP contribution in [-0.4, -0.2) is 33.7 Å². The van der Waals surface area contributed by atoms with Gasteiger partial charge < -0.3 is 25.7 Å². The topological polar surface area (TPSA) is 143 Å². The van der Waals surface area contributed by atoms with E-state index < -0.39 is 52.4 Å². The molecule has 0 bridgehead atoms. The van der Waals surface area contributed by atoms with Gasteiger partial charge in [-0.3, -0.25) is 4.79 Å². The van der Waals surface area contributed by atoms with Crippen molar-refractivity contribution in [2.45, 2.75) is 6.61 Å². The van der Waals surface area contributed by atoms with Crippen LogP contribution in [0.15, 0.2) is 29.1 Å². The van der Waals surface area contributed by atoms with Gasteiger partial charge in [0, 0.05) is 11.1 Å². The number of carbonyl (C=O) groups is 2. The van der Waals surface area contributed by atoms with Gasteiger partial charge >= 0.3 is 18.6 Å². The van der Waals surface area contributed by atoms with E-state index in [1.54, 1.807) is 0 Å². The molecule has 0 radical (unpaired) electrons.